The van der Waals surface area contributed by atoms with E-state index in [9.17, 15) is 9.59 Å². The van der Waals surface area contributed by atoms with Crippen LogP contribution >= 0.6 is 0 Å². The molecular formula is C23H21N3O5. The fraction of sp³-hybridized carbons (Fsp3) is 0.174. The molecule has 0 saturated carbocycles. The first-order valence-electron chi connectivity index (χ1n) is 9.62. The molecule has 0 saturated heterocycles. The minimum absolute atomic E-state index is 0.0567. The predicted octanol–water partition coefficient (Wildman–Crippen LogP) is 4.04. The molecule has 158 valence electrons. The summed E-state index contributed by atoms with van der Waals surface area (Å²) in [5.74, 6) is -0.00423. The van der Waals surface area contributed by atoms with Crippen LogP contribution < -0.4 is 10.1 Å². The van der Waals surface area contributed by atoms with E-state index in [-0.39, 0.29) is 5.76 Å². The second kappa shape index (κ2) is 8.35. The Hall–Kier alpha value is -4.07. The van der Waals surface area contributed by atoms with E-state index < -0.39 is 18.5 Å². The van der Waals surface area contributed by atoms with Gasteiger partial charge in [-0.25, -0.2) is 9.48 Å². The van der Waals surface area contributed by atoms with Gasteiger partial charge >= 0.3 is 5.97 Å². The normalized spacial score (nSPS) is 10.8. The van der Waals surface area contributed by atoms with Gasteiger partial charge in [0.05, 0.1) is 18.5 Å². The summed E-state index contributed by atoms with van der Waals surface area (Å²) >= 11 is 0. The second-order valence-corrected chi connectivity index (χ2v) is 6.96. The van der Waals surface area contributed by atoms with E-state index in [1.165, 1.54) is 0 Å². The summed E-state index contributed by atoms with van der Waals surface area (Å²) in [5.41, 5.74) is 2.70. The van der Waals surface area contributed by atoms with Crippen LogP contribution in [0, 0.1) is 13.8 Å². The molecule has 4 aromatic rings. The molecule has 0 aliphatic rings. The Morgan fingerprint density at radius 1 is 1.10 bits per heavy atom. The molecule has 2 aromatic carbocycles. The molecule has 2 heterocycles. The third-order valence-electron chi connectivity index (χ3n) is 4.76. The molecule has 1 amide bonds. The Balaban J connectivity index is 1.45. The van der Waals surface area contributed by atoms with Crippen LogP contribution in [0.3, 0.4) is 0 Å². The number of amides is 1. The van der Waals surface area contributed by atoms with E-state index >= 15 is 0 Å². The van der Waals surface area contributed by atoms with Crippen LogP contribution in [0.25, 0.3) is 16.7 Å². The molecule has 0 aliphatic carbocycles. The van der Waals surface area contributed by atoms with Crippen molar-refractivity contribution in [3.63, 3.8) is 0 Å². The molecule has 8 heteroatoms. The van der Waals surface area contributed by atoms with Crippen LogP contribution in [0.2, 0.25) is 0 Å². The quantitative estimate of drug-likeness (QED) is 0.474. The van der Waals surface area contributed by atoms with Crippen molar-refractivity contribution in [1.29, 1.82) is 0 Å². The highest BCUT2D eigenvalue weighted by atomic mass is 16.5. The van der Waals surface area contributed by atoms with E-state index in [0.717, 1.165) is 16.8 Å². The van der Waals surface area contributed by atoms with Gasteiger partial charge in [0.2, 0.25) is 5.76 Å². The number of fused-ring (bicyclic) bond motifs is 1. The van der Waals surface area contributed by atoms with E-state index in [1.807, 2.05) is 37.3 Å². The lowest BCUT2D eigenvalue weighted by atomic mass is 10.1. The van der Waals surface area contributed by atoms with Crippen molar-refractivity contribution in [1.82, 2.24) is 9.78 Å². The third-order valence-corrected chi connectivity index (χ3v) is 4.76. The number of aromatic nitrogens is 2. The first kappa shape index (κ1) is 20.2. The summed E-state index contributed by atoms with van der Waals surface area (Å²) in [5, 5.41) is 7.87. The van der Waals surface area contributed by atoms with Gasteiger partial charge in [0.25, 0.3) is 5.91 Å². The minimum Gasteiger partial charge on any atom is -0.497 e. The maximum atomic E-state index is 12.5. The monoisotopic (exact) mass is 419 g/mol. The summed E-state index contributed by atoms with van der Waals surface area (Å²) in [4.78, 5) is 24.9. The second-order valence-electron chi connectivity index (χ2n) is 6.96. The largest absolute Gasteiger partial charge is 0.497 e. The average molecular weight is 419 g/mol. The molecular weight excluding hydrogens is 398 g/mol. The van der Waals surface area contributed by atoms with Crippen LogP contribution in [-0.2, 0) is 9.53 Å². The zero-order chi connectivity index (χ0) is 22.0. The van der Waals surface area contributed by atoms with Gasteiger partial charge in [-0.05, 0) is 44.2 Å². The Labute approximate surface area is 178 Å². The van der Waals surface area contributed by atoms with Crippen molar-refractivity contribution in [3.8, 4) is 11.4 Å². The number of ether oxygens (including phenoxy) is 2. The fourth-order valence-corrected chi connectivity index (χ4v) is 3.25. The zero-order valence-electron chi connectivity index (χ0n) is 17.3. The topological polar surface area (TPSA) is 95.6 Å². The van der Waals surface area contributed by atoms with Crippen molar-refractivity contribution in [3.05, 3.63) is 71.6 Å². The number of benzene rings is 2. The van der Waals surface area contributed by atoms with Gasteiger partial charge in [-0.1, -0.05) is 18.2 Å². The van der Waals surface area contributed by atoms with Crippen LogP contribution in [0.5, 0.6) is 5.75 Å². The minimum atomic E-state index is -0.712. The summed E-state index contributed by atoms with van der Waals surface area (Å²) in [6.07, 6.45) is 0. The number of carbonyl (C=O) groups is 2. The first-order chi connectivity index (χ1) is 15.0. The maximum Gasteiger partial charge on any atom is 0.375 e. The number of hydrogen-bond donors (Lipinski definition) is 1. The Morgan fingerprint density at radius 3 is 2.61 bits per heavy atom. The van der Waals surface area contributed by atoms with Gasteiger partial charge in [-0.2, -0.15) is 5.10 Å². The number of anilines is 1. The van der Waals surface area contributed by atoms with Crippen molar-refractivity contribution >= 4 is 28.7 Å². The number of methoxy groups -OCH3 is 1. The van der Waals surface area contributed by atoms with Crippen molar-refractivity contribution in [2.45, 2.75) is 13.8 Å². The van der Waals surface area contributed by atoms with E-state index in [2.05, 4.69) is 10.4 Å². The number of para-hydroxylation sites is 1. The lowest BCUT2D eigenvalue weighted by Crippen LogP contribution is -2.22. The number of hydrogen-bond acceptors (Lipinski definition) is 6. The maximum absolute atomic E-state index is 12.5. The average Bonchev–Trinajstić information content (AvgIpc) is 3.31. The Kier molecular flexibility index (Phi) is 5.44. The molecule has 8 nitrogen and oxygen atoms in total. The van der Waals surface area contributed by atoms with Gasteiger partial charge in [-0.3, -0.25) is 4.79 Å². The van der Waals surface area contributed by atoms with E-state index in [1.54, 1.807) is 43.0 Å². The molecule has 0 aliphatic heterocycles. The van der Waals surface area contributed by atoms with E-state index in [4.69, 9.17) is 13.9 Å². The highest BCUT2D eigenvalue weighted by molar-refractivity contribution is 5.98. The number of furan rings is 1. The predicted molar refractivity (Wildman–Crippen MR) is 115 cm³/mol. The molecule has 1 N–H and O–H groups in total. The van der Waals surface area contributed by atoms with Crippen molar-refractivity contribution in [2.75, 3.05) is 19.0 Å². The fourth-order valence-electron chi connectivity index (χ4n) is 3.25. The highest BCUT2D eigenvalue weighted by Gasteiger charge is 2.21. The molecule has 0 radical (unpaired) electrons. The third kappa shape index (κ3) is 4.13. The van der Waals surface area contributed by atoms with Crippen LogP contribution in [0.15, 0.2) is 59.0 Å². The number of nitrogens with one attached hydrogen (secondary N) is 1. The smallest absolute Gasteiger partial charge is 0.375 e. The zero-order valence-corrected chi connectivity index (χ0v) is 17.3. The van der Waals surface area contributed by atoms with Gasteiger partial charge in [0, 0.05) is 17.0 Å². The van der Waals surface area contributed by atoms with Gasteiger partial charge in [0.1, 0.15) is 17.2 Å². The first-order valence-corrected chi connectivity index (χ1v) is 9.62. The molecule has 4 rings (SSSR count). The Bertz CT molecular complexity index is 1260. The summed E-state index contributed by atoms with van der Waals surface area (Å²) < 4.78 is 17.6. The van der Waals surface area contributed by atoms with Gasteiger partial charge < -0.3 is 19.2 Å². The molecule has 0 bridgehead atoms. The molecule has 2 aromatic heterocycles. The highest BCUT2D eigenvalue weighted by Crippen LogP contribution is 2.29. The molecule has 0 unspecified atom stereocenters. The molecule has 0 spiro atoms. The molecule has 0 atom stereocenters. The SMILES string of the molecule is COc1ccc2oc(C(=O)OCC(=O)Nc3cc(C)nn3-c3ccccc3)c(C)c2c1. The van der Waals surface area contributed by atoms with Crippen LogP contribution in [0.1, 0.15) is 21.8 Å². The Morgan fingerprint density at radius 2 is 1.87 bits per heavy atom. The molecule has 31 heavy (non-hydrogen) atoms. The number of carbonyl (C=O) groups excluding carboxylic acids is 2. The van der Waals surface area contributed by atoms with Crippen LogP contribution in [-0.4, -0.2) is 35.4 Å². The summed E-state index contributed by atoms with van der Waals surface area (Å²) in [6, 6.07) is 16.4. The van der Waals surface area contributed by atoms with E-state index in [0.29, 0.717) is 22.7 Å². The number of nitrogens with zero attached hydrogens (tertiary/aromatic N) is 2. The lowest BCUT2D eigenvalue weighted by molar-refractivity contribution is -0.119. The lowest BCUT2D eigenvalue weighted by Gasteiger charge is -2.09. The van der Waals surface area contributed by atoms with Crippen molar-refractivity contribution in [2.24, 2.45) is 0 Å². The standard InChI is InChI=1S/C23H21N3O5/c1-14-11-20(26(25-14)16-7-5-4-6-8-16)24-21(27)13-30-23(28)22-15(2)18-12-17(29-3)9-10-19(18)31-22/h4-12H,13H2,1-3H3,(H,24,27). The number of esters is 1. The van der Waals surface area contributed by atoms with Crippen molar-refractivity contribution < 1.29 is 23.5 Å². The number of aryl methyl sites for hydroxylation is 2. The summed E-state index contributed by atoms with van der Waals surface area (Å²) in [7, 11) is 1.57. The number of rotatable bonds is 6. The van der Waals surface area contributed by atoms with Crippen LogP contribution in [0.4, 0.5) is 5.82 Å². The van der Waals surface area contributed by atoms with Gasteiger partial charge in [-0.15, -0.1) is 0 Å². The molecule has 0 fully saturated rings. The summed E-state index contributed by atoms with van der Waals surface area (Å²) in [6.45, 7) is 3.12. The van der Waals surface area contributed by atoms with Gasteiger partial charge in [0.15, 0.2) is 6.61 Å².